The molecule has 0 aromatic heterocycles. The second-order valence-electron chi connectivity index (χ2n) is 9.69. The molecule has 0 radical (unpaired) electrons. The number of amides is 2. The Hall–Kier alpha value is -3.24. The zero-order valence-electron chi connectivity index (χ0n) is 19.1. The molecule has 2 saturated heterocycles. The third-order valence-corrected chi connectivity index (χ3v) is 7.45. The minimum Gasteiger partial charge on any atom is -0.339 e. The van der Waals surface area contributed by atoms with Crippen LogP contribution in [0.2, 0.25) is 0 Å². The van der Waals surface area contributed by atoms with Crippen LogP contribution in [0.3, 0.4) is 0 Å². The monoisotopic (exact) mass is 460 g/mol. The number of hydrogen-bond acceptors (Lipinski definition) is 4. The number of carbonyl (C=O) groups is 2. The maximum Gasteiger partial charge on any atom is 0.253 e. The van der Waals surface area contributed by atoms with E-state index >= 15 is 0 Å². The average Bonchev–Trinajstić information content (AvgIpc) is 3.63. The molecular formula is C27H29FN4O2. The van der Waals surface area contributed by atoms with Crippen molar-refractivity contribution in [1.29, 1.82) is 5.26 Å². The fourth-order valence-corrected chi connectivity index (χ4v) is 5.56. The number of nitrogens with one attached hydrogen (secondary N) is 2. The Bertz CT molecular complexity index is 1120. The summed E-state index contributed by atoms with van der Waals surface area (Å²) in [5.74, 6) is -0.213. The van der Waals surface area contributed by atoms with Gasteiger partial charge in [0.05, 0.1) is 12.1 Å². The van der Waals surface area contributed by atoms with Crippen LogP contribution >= 0.6 is 0 Å². The maximum absolute atomic E-state index is 14.9. The molecule has 2 aromatic rings. The number of fused-ring (bicyclic) bond motifs is 2. The van der Waals surface area contributed by atoms with Gasteiger partial charge < -0.3 is 15.5 Å². The first-order valence-electron chi connectivity index (χ1n) is 12.2. The van der Waals surface area contributed by atoms with Crippen LogP contribution in [0.25, 0.3) is 11.1 Å². The maximum atomic E-state index is 14.9. The van der Waals surface area contributed by atoms with Crippen LogP contribution in [0, 0.1) is 23.1 Å². The zero-order chi connectivity index (χ0) is 23.7. The molecule has 2 bridgehead atoms. The quantitative estimate of drug-likeness (QED) is 0.692. The number of likely N-dealkylation sites (tertiary alicyclic amines) is 1. The molecule has 2 aliphatic heterocycles. The van der Waals surface area contributed by atoms with Crippen LogP contribution in [0.1, 0.15) is 48.0 Å². The lowest BCUT2D eigenvalue weighted by Crippen LogP contribution is -2.50. The third-order valence-electron chi connectivity index (χ3n) is 7.45. The van der Waals surface area contributed by atoms with Gasteiger partial charge in [0.15, 0.2) is 0 Å². The standard InChI is InChI=1S/C27H29FN4O2/c28-24-15-19(17-3-5-18(6-4-17)27(34)32-11-1-2-12-32)7-8-20(24)13-23(16-29)31-26(33)25-21-9-10-22(14-21)30-25/h3-8,15,21-23,25,30H,1-2,9-14H2,(H,31,33)/t21-,22+,23-,25-/m0/s1. The Balaban J connectivity index is 1.23. The van der Waals surface area contributed by atoms with Crippen LogP contribution in [0.15, 0.2) is 42.5 Å². The third kappa shape index (κ3) is 4.55. The Labute approximate surface area is 199 Å². The Morgan fingerprint density at radius 3 is 2.47 bits per heavy atom. The topological polar surface area (TPSA) is 85.2 Å². The molecule has 3 aliphatic rings. The fraction of sp³-hybridized carbons (Fsp3) is 0.444. The van der Waals surface area contributed by atoms with Crippen molar-refractivity contribution in [2.24, 2.45) is 5.92 Å². The molecule has 1 saturated carbocycles. The van der Waals surface area contributed by atoms with E-state index in [1.54, 1.807) is 18.2 Å². The number of piperidine rings is 1. The fourth-order valence-electron chi connectivity index (χ4n) is 5.56. The van der Waals surface area contributed by atoms with Crippen molar-refractivity contribution in [3.8, 4) is 17.2 Å². The SMILES string of the molecule is N#C[C@H](Cc1ccc(-c2ccc(C(=O)N3CCCC3)cc2)cc1F)NC(=O)[C@H]1N[C@@H]2CC[C@H]1C2. The lowest BCUT2D eigenvalue weighted by Gasteiger charge is -2.23. The number of rotatable bonds is 6. The van der Waals surface area contributed by atoms with Crippen molar-refractivity contribution < 1.29 is 14.0 Å². The molecule has 2 N–H and O–H groups in total. The molecule has 2 aromatic carbocycles. The zero-order valence-corrected chi connectivity index (χ0v) is 19.1. The number of carbonyl (C=O) groups excluding carboxylic acids is 2. The molecule has 2 amide bonds. The summed E-state index contributed by atoms with van der Waals surface area (Å²) in [6, 6.07) is 13.6. The van der Waals surface area contributed by atoms with E-state index in [4.69, 9.17) is 0 Å². The van der Waals surface area contributed by atoms with Crippen LogP contribution < -0.4 is 10.6 Å². The summed E-state index contributed by atoms with van der Waals surface area (Å²) in [4.78, 5) is 27.0. The Kier molecular flexibility index (Phi) is 6.34. The van der Waals surface area contributed by atoms with Gasteiger partial charge in [0.2, 0.25) is 5.91 Å². The smallest absolute Gasteiger partial charge is 0.253 e. The van der Waals surface area contributed by atoms with Gasteiger partial charge in [0.25, 0.3) is 5.91 Å². The van der Waals surface area contributed by atoms with Crippen molar-refractivity contribution in [3.63, 3.8) is 0 Å². The Morgan fingerprint density at radius 2 is 1.85 bits per heavy atom. The number of nitriles is 1. The number of nitrogens with zero attached hydrogens (tertiary/aromatic N) is 2. The molecule has 3 fully saturated rings. The van der Waals surface area contributed by atoms with Gasteiger partial charge in [-0.1, -0.05) is 24.3 Å². The van der Waals surface area contributed by atoms with E-state index in [1.165, 1.54) is 6.07 Å². The predicted molar refractivity (Wildman–Crippen MR) is 126 cm³/mol. The van der Waals surface area contributed by atoms with E-state index in [9.17, 15) is 19.2 Å². The Morgan fingerprint density at radius 1 is 1.12 bits per heavy atom. The number of benzene rings is 2. The van der Waals surface area contributed by atoms with Crippen LogP contribution in [0.4, 0.5) is 4.39 Å². The molecule has 0 spiro atoms. The van der Waals surface area contributed by atoms with Crippen molar-refractivity contribution in [3.05, 3.63) is 59.4 Å². The van der Waals surface area contributed by atoms with Crippen LogP contribution in [-0.4, -0.2) is 47.9 Å². The second kappa shape index (κ2) is 9.55. The van der Waals surface area contributed by atoms with E-state index in [2.05, 4.69) is 16.7 Å². The second-order valence-corrected chi connectivity index (χ2v) is 9.69. The van der Waals surface area contributed by atoms with Gasteiger partial charge in [-0.05, 0) is 72.9 Å². The highest BCUT2D eigenvalue weighted by molar-refractivity contribution is 5.94. The number of hydrogen-bond donors (Lipinski definition) is 2. The van der Waals surface area contributed by atoms with E-state index in [0.29, 0.717) is 28.7 Å². The highest BCUT2D eigenvalue weighted by atomic mass is 19.1. The van der Waals surface area contributed by atoms with Crippen LogP contribution in [0.5, 0.6) is 0 Å². The first-order valence-corrected chi connectivity index (χ1v) is 12.2. The molecule has 5 rings (SSSR count). The highest BCUT2D eigenvalue weighted by Crippen LogP contribution is 2.35. The molecule has 176 valence electrons. The normalized spacial score (nSPS) is 24.1. The van der Waals surface area contributed by atoms with Gasteiger partial charge in [-0.2, -0.15) is 5.26 Å². The van der Waals surface area contributed by atoms with Gasteiger partial charge in [-0.15, -0.1) is 0 Å². The van der Waals surface area contributed by atoms with E-state index in [1.807, 2.05) is 23.1 Å². The molecule has 0 unspecified atom stereocenters. The van der Waals surface area contributed by atoms with E-state index < -0.39 is 11.9 Å². The summed E-state index contributed by atoms with van der Waals surface area (Å²) in [5, 5.41) is 15.7. The van der Waals surface area contributed by atoms with Crippen LogP contribution in [-0.2, 0) is 11.2 Å². The molecule has 7 heteroatoms. The first-order chi connectivity index (χ1) is 16.5. The molecule has 4 atom stereocenters. The summed E-state index contributed by atoms with van der Waals surface area (Å²) in [5.41, 5.74) is 2.54. The van der Waals surface area contributed by atoms with Gasteiger partial charge >= 0.3 is 0 Å². The number of halogens is 1. The van der Waals surface area contributed by atoms with Crippen molar-refractivity contribution in [2.75, 3.05) is 13.1 Å². The molecule has 6 nitrogen and oxygen atoms in total. The van der Waals surface area contributed by atoms with E-state index in [0.717, 1.165) is 50.8 Å². The molecular weight excluding hydrogens is 431 g/mol. The molecule has 2 heterocycles. The first kappa shape index (κ1) is 22.5. The van der Waals surface area contributed by atoms with Gasteiger partial charge in [0, 0.05) is 31.1 Å². The van der Waals surface area contributed by atoms with E-state index in [-0.39, 0.29) is 24.3 Å². The van der Waals surface area contributed by atoms with Gasteiger partial charge in [-0.3, -0.25) is 9.59 Å². The summed E-state index contributed by atoms with van der Waals surface area (Å²) in [6.45, 7) is 1.60. The lowest BCUT2D eigenvalue weighted by atomic mass is 9.97. The average molecular weight is 461 g/mol. The molecule has 1 aliphatic carbocycles. The van der Waals surface area contributed by atoms with Crippen molar-refractivity contribution in [1.82, 2.24) is 15.5 Å². The highest BCUT2D eigenvalue weighted by Gasteiger charge is 2.43. The summed E-state index contributed by atoms with van der Waals surface area (Å²) in [6.07, 6.45) is 5.35. The van der Waals surface area contributed by atoms with Crippen molar-refractivity contribution in [2.45, 2.75) is 56.7 Å². The largest absolute Gasteiger partial charge is 0.339 e. The van der Waals surface area contributed by atoms with Gasteiger partial charge in [0.1, 0.15) is 11.9 Å². The molecule has 34 heavy (non-hydrogen) atoms. The summed E-state index contributed by atoms with van der Waals surface area (Å²) < 4.78 is 14.9. The summed E-state index contributed by atoms with van der Waals surface area (Å²) >= 11 is 0. The minimum absolute atomic E-state index is 0.0378. The lowest BCUT2D eigenvalue weighted by molar-refractivity contribution is -0.124. The van der Waals surface area contributed by atoms with Crippen molar-refractivity contribution >= 4 is 11.8 Å². The predicted octanol–water partition coefficient (Wildman–Crippen LogP) is 3.42. The van der Waals surface area contributed by atoms with Gasteiger partial charge in [-0.25, -0.2) is 4.39 Å². The summed E-state index contributed by atoms with van der Waals surface area (Å²) in [7, 11) is 0. The minimum atomic E-state index is -0.787.